The summed E-state index contributed by atoms with van der Waals surface area (Å²) in [6.07, 6.45) is 1.09. The van der Waals surface area contributed by atoms with Crippen molar-refractivity contribution in [2.75, 3.05) is 5.32 Å². The molecular formula is C22H19ClFN3O3S2. The fraction of sp³-hybridized carbons (Fsp3) is 0.273. The molecule has 6 nitrogen and oxygen atoms in total. The van der Waals surface area contributed by atoms with Crippen LogP contribution in [0.3, 0.4) is 0 Å². The largest absolute Gasteiger partial charge is 0.353 e. The number of nitrogens with one attached hydrogen (secondary N) is 2. The summed E-state index contributed by atoms with van der Waals surface area (Å²) in [7, 11) is 0. The van der Waals surface area contributed by atoms with E-state index in [9.17, 15) is 18.8 Å². The van der Waals surface area contributed by atoms with Crippen LogP contribution < -0.4 is 10.6 Å². The number of ketones is 1. The van der Waals surface area contributed by atoms with E-state index in [1.54, 1.807) is 11.3 Å². The lowest BCUT2D eigenvalue weighted by Gasteiger charge is -2.22. The Morgan fingerprint density at radius 3 is 2.84 bits per heavy atom. The second kappa shape index (κ2) is 9.48. The number of carbonyl (C=O) groups is 3. The average Bonchev–Trinajstić information content (AvgIpc) is 3.37. The van der Waals surface area contributed by atoms with Gasteiger partial charge in [-0.05, 0) is 47.9 Å². The Morgan fingerprint density at radius 1 is 1.31 bits per heavy atom. The third-order valence-corrected chi connectivity index (χ3v) is 7.22. The number of thiophene rings is 1. The van der Waals surface area contributed by atoms with Gasteiger partial charge in [-0.3, -0.25) is 19.7 Å². The van der Waals surface area contributed by atoms with Crippen molar-refractivity contribution in [3.8, 4) is 0 Å². The van der Waals surface area contributed by atoms with E-state index in [0.717, 1.165) is 23.0 Å². The van der Waals surface area contributed by atoms with Gasteiger partial charge in [-0.15, -0.1) is 0 Å². The molecule has 1 aliphatic carbocycles. The van der Waals surface area contributed by atoms with Gasteiger partial charge in [0.2, 0.25) is 5.91 Å². The highest BCUT2D eigenvalue weighted by molar-refractivity contribution is 7.17. The number of thiazole rings is 1. The van der Waals surface area contributed by atoms with Crippen LogP contribution in [0.1, 0.15) is 44.6 Å². The van der Waals surface area contributed by atoms with Crippen LogP contribution in [-0.4, -0.2) is 28.6 Å². The molecule has 4 rings (SSSR count). The maximum absolute atomic E-state index is 14.0. The highest BCUT2D eigenvalue weighted by atomic mass is 35.5. The first kappa shape index (κ1) is 22.6. The summed E-state index contributed by atoms with van der Waals surface area (Å²) in [6, 6.07) is 5.91. The molecule has 0 spiro atoms. The quantitative estimate of drug-likeness (QED) is 0.521. The van der Waals surface area contributed by atoms with Crippen molar-refractivity contribution in [1.29, 1.82) is 0 Å². The summed E-state index contributed by atoms with van der Waals surface area (Å²) >= 11 is 8.56. The predicted octanol–water partition coefficient (Wildman–Crippen LogP) is 4.74. The molecular weight excluding hydrogens is 473 g/mol. The predicted molar refractivity (Wildman–Crippen MR) is 123 cm³/mol. The zero-order valence-corrected chi connectivity index (χ0v) is 19.4. The molecule has 0 saturated heterocycles. The van der Waals surface area contributed by atoms with E-state index in [2.05, 4.69) is 15.6 Å². The molecule has 32 heavy (non-hydrogen) atoms. The number of benzene rings is 1. The van der Waals surface area contributed by atoms with Crippen molar-refractivity contribution in [3.63, 3.8) is 0 Å². The first-order valence-electron chi connectivity index (χ1n) is 9.91. The van der Waals surface area contributed by atoms with Crippen molar-refractivity contribution < 1.29 is 18.8 Å². The van der Waals surface area contributed by atoms with Gasteiger partial charge in [-0.25, -0.2) is 9.37 Å². The average molecular weight is 492 g/mol. The van der Waals surface area contributed by atoms with E-state index in [1.807, 2.05) is 23.8 Å². The molecule has 0 radical (unpaired) electrons. The first-order valence-corrected chi connectivity index (χ1v) is 12.0. The second-order valence-electron chi connectivity index (χ2n) is 7.62. The highest BCUT2D eigenvalue weighted by Gasteiger charge is 2.33. The first-order chi connectivity index (χ1) is 15.3. The summed E-state index contributed by atoms with van der Waals surface area (Å²) < 4.78 is 14.0. The van der Waals surface area contributed by atoms with Gasteiger partial charge in [0.25, 0.3) is 5.91 Å². The van der Waals surface area contributed by atoms with E-state index in [0.29, 0.717) is 23.4 Å². The van der Waals surface area contributed by atoms with Crippen molar-refractivity contribution in [3.05, 3.63) is 67.6 Å². The van der Waals surface area contributed by atoms with Gasteiger partial charge in [-0.2, -0.15) is 11.3 Å². The zero-order valence-electron chi connectivity index (χ0n) is 17.0. The van der Waals surface area contributed by atoms with Gasteiger partial charge in [0.1, 0.15) is 5.82 Å². The fourth-order valence-electron chi connectivity index (χ4n) is 3.62. The number of aromatic nitrogens is 1. The third kappa shape index (κ3) is 4.90. The molecule has 3 aromatic rings. The molecule has 166 valence electrons. The maximum atomic E-state index is 14.0. The molecule has 2 amide bonds. The molecule has 1 aliphatic rings. The van der Waals surface area contributed by atoms with Crippen LogP contribution in [0.4, 0.5) is 9.52 Å². The monoisotopic (exact) mass is 491 g/mol. The zero-order chi connectivity index (χ0) is 22.8. The minimum atomic E-state index is -0.749. The van der Waals surface area contributed by atoms with E-state index >= 15 is 0 Å². The summed E-state index contributed by atoms with van der Waals surface area (Å²) in [6.45, 7) is 1.93. The molecule has 2 aromatic heterocycles. The van der Waals surface area contributed by atoms with Crippen LogP contribution in [0.2, 0.25) is 5.02 Å². The minimum Gasteiger partial charge on any atom is -0.353 e. The molecule has 2 atom stereocenters. The maximum Gasteiger partial charge on any atom is 0.261 e. The molecule has 0 fully saturated rings. The van der Waals surface area contributed by atoms with Crippen molar-refractivity contribution in [2.45, 2.75) is 32.2 Å². The summed E-state index contributed by atoms with van der Waals surface area (Å²) in [5.74, 6) is -2.40. The number of hydrogen-bond donors (Lipinski definition) is 2. The van der Waals surface area contributed by atoms with Crippen LogP contribution in [0.25, 0.3) is 0 Å². The number of hydrogen-bond acceptors (Lipinski definition) is 6. The molecule has 10 heteroatoms. The number of fused-ring (bicyclic) bond motifs is 1. The Balaban J connectivity index is 1.43. The molecule has 2 heterocycles. The molecule has 1 aromatic carbocycles. The molecule has 0 saturated carbocycles. The number of carbonyl (C=O) groups excluding carboxylic acids is 3. The van der Waals surface area contributed by atoms with Crippen LogP contribution in [0.5, 0.6) is 0 Å². The van der Waals surface area contributed by atoms with Gasteiger partial charge in [0, 0.05) is 18.9 Å². The Hall–Kier alpha value is -2.62. The number of amides is 2. The Kier molecular flexibility index (Phi) is 6.68. The Morgan fingerprint density at radius 2 is 2.12 bits per heavy atom. The summed E-state index contributed by atoms with van der Waals surface area (Å²) in [5, 5.41) is 9.66. The summed E-state index contributed by atoms with van der Waals surface area (Å²) in [4.78, 5) is 42.5. The Bertz CT molecular complexity index is 1160. The molecule has 2 N–H and O–H groups in total. The molecule has 0 aliphatic heterocycles. The number of anilines is 1. The van der Waals surface area contributed by atoms with Crippen LogP contribution in [-0.2, 0) is 17.6 Å². The van der Waals surface area contributed by atoms with Crippen LogP contribution in [0.15, 0.2) is 35.0 Å². The van der Waals surface area contributed by atoms with Crippen molar-refractivity contribution in [1.82, 2.24) is 10.3 Å². The SMILES string of the molecule is C[C@H](Cc1ccsc1)NC(=O)[C@@H]1CC(=O)c2sc(NC(=O)c3c(F)cccc3Cl)nc2C1. The third-order valence-electron chi connectivity index (χ3n) is 5.11. The molecule has 0 unspecified atom stereocenters. The fourth-order valence-corrected chi connectivity index (χ4v) is 5.48. The van der Waals surface area contributed by atoms with Crippen LogP contribution >= 0.6 is 34.3 Å². The summed E-state index contributed by atoms with van der Waals surface area (Å²) in [5.41, 5.74) is 1.33. The van der Waals surface area contributed by atoms with Crippen molar-refractivity contribution in [2.24, 2.45) is 5.92 Å². The topological polar surface area (TPSA) is 88.2 Å². The second-order valence-corrected chi connectivity index (χ2v) is 9.81. The standard InChI is InChI=1S/C22H19ClFN3O3S2/c1-11(7-12-5-6-31-10-12)25-20(29)13-8-16-19(17(28)9-13)32-22(26-16)27-21(30)18-14(23)3-2-4-15(18)24/h2-6,10-11,13H,7-9H2,1H3,(H,25,29)(H,26,27,30)/t11-,13+/m1/s1. The van der Waals surface area contributed by atoms with Crippen LogP contribution in [0, 0.1) is 11.7 Å². The number of halogens is 2. The van der Waals surface area contributed by atoms with Gasteiger partial charge in [0.05, 0.1) is 27.1 Å². The smallest absolute Gasteiger partial charge is 0.261 e. The minimum absolute atomic E-state index is 0.0202. The van der Waals surface area contributed by atoms with Gasteiger partial charge in [-0.1, -0.05) is 29.0 Å². The lowest BCUT2D eigenvalue weighted by atomic mass is 9.89. The van der Waals surface area contributed by atoms with Gasteiger partial charge in [0.15, 0.2) is 10.9 Å². The Labute approximate surface area is 196 Å². The number of rotatable bonds is 6. The normalized spacial score (nSPS) is 16.3. The van der Waals surface area contributed by atoms with E-state index in [4.69, 9.17) is 11.6 Å². The molecule has 0 bridgehead atoms. The van der Waals surface area contributed by atoms with E-state index in [1.165, 1.54) is 12.1 Å². The lowest BCUT2D eigenvalue weighted by molar-refractivity contribution is -0.125. The lowest BCUT2D eigenvalue weighted by Crippen LogP contribution is -2.41. The van der Waals surface area contributed by atoms with Crippen molar-refractivity contribution >= 4 is 57.0 Å². The van der Waals surface area contributed by atoms with Gasteiger partial charge >= 0.3 is 0 Å². The van der Waals surface area contributed by atoms with E-state index < -0.39 is 17.6 Å². The number of Topliss-reactive ketones (excluding diaryl/α,β-unsaturated/α-hetero) is 1. The number of nitrogens with zero attached hydrogens (tertiary/aromatic N) is 1. The highest BCUT2D eigenvalue weighted by Crippen LogP contribution is 2.33. The van der Waals surface area contributed by atoms with E-state index in [-0.39, 0.29) is 39.9 Å². The van der Waals surface area contributed by atoms with Gasteiger partial charge < -0.3 is 5.32 Å².